The van der Waals surface area contributed by atoms with E-state index >= 15 is 0 Å². The van der Waals surface area contributed by atoms with Crippen LogP contribution in [0, 0.1) is 11.7 Å². The highest BCUT2D eigenvalue weighted by molar-refractivity contribution is 5.92. The number of rotatable bonds is 5. The summed E-state index contributed by atoms with van der Waals surface area (Å²) >= 11 is 0. The number of anilines is 1. The van der Waals surface area contributed by atoms with E-state index in [0.717, 1.165) is 44.5 Å². The predicted molar refractivity (Wildman–Crippen MR) is 76.8 cm³/mol. The van der Waals surface area contributed by atoms with Gasteiger partial charge in [0.25, 0.3) is 0 Å². The average Bonchev–Trinajstić information content (AvgIpc) is 2.46. The first-order chi connectivity index (χ1) is 10.1. The number of benzene rings is 1. The van der Waals surface area contributed by atoms with Crippen LogP contribution in [0.3, 0.4) is 0 Å². The second-order valence-corrected chi connectivity index (χ2v) is 5.30. The quantitative estimate of drug-likeness (QED) is 0.778. The number of aromatic carboxylic acids is 1. The van der Waals surface area contributed by atoms with Crippen LogP contribution in [0.2, 0.25) is 0 Å². The van der Waals surface area contributed by atoms with E-state index in [4.69, 9.17) is 5.11 Å². The second-order valence-electron chi connectivity index (χ2n) is 5.30. The summed E-state index contributed by atoms with van der Waals surface area (Å²) in [6.07, 6.45) is 3.44. The van der Waals surface area contributed by atoms with E-state index in [1.165, 1.54) is 6.07 Å². The molecule has 1 aromatic carbocycles. The molecule has 3 N–H and O–H groups in total. The molecule has 6 heteroatoms. The maximum atomic E-state index is 13.5. The summed E-state index contributed by atoms with van der Waals surface area (Å²) in [6.45, 7) is 1.98. The SMILES string of the molecule is O=C(CCC1CCCNC1)Nc1ccc(C(=O)O)c(F)c1. The molecule has 0 bridgehead atoms. The van der Waals surface area contributed by atoms with Crippen molar-refractivity contribution in [2.75, 3.05) is 18.4 Å². The van der Waals surface area contributed by atoms with E-state index in [1.54, 1.807) is 0 Å². The van der Waals surface area contributed by atoms with Crippen LogP contribution in [0.15, 0.2) is 18.2 Å². The number of carboxylic acids is 1. The van der Waals surface area contributed by atoms with Crippen molar-refractivity contribution < 1.29 is 19.1 Å². The summed E-state index contributed by atoms with van der Waals surface area (Å²) in [4.78, 5) is 22.5. The van der Waals surface area contributed by atoms with Crippen LogP contribution in [0.4, 0.5) is 10.1 Å². The van der Waals surface area contributed by atoms with Crippen molar-refractivity contribution in [3.63, 3.8) is 0 Å². The molecule has 2 rings (SSSR count). The van der Waals surface area contributed by atoms with Gasteiger partial charge in [-0.2, -0.15) is 0 Å². The summed E-state index contributed by atoms with van der Waals surface area (Å²) in [6, 6.07) is 3.58. The Morgan fingerprint density at radius 3 is 2.86 bits per heavy atom. The van der Waals surface area contributed by atoms with Crippen molar-refractivity contribution in [2.45, 2.75) is 25.7 Å². The van der Waals surface area contributed by atoms with Crippen LogP contribution in [0.5, 0.6) is 0 Å². The number of amides is 1. The zero-order valence-electron chi connectivity index (χ0n) is 11.7. The lowest BCUT2D eigenvalue weighted by Crippen LogP contribution is -2.30. The zero-order chi connectivity index (χ0) is 15.2. The van der Waals surface area contributed by atoms with Gasteiger partial charge < -0.3 is 15.7 Å². The minimum Gasteiger partial charge on any atom is -0.478 e. The van der Waals surface area contributed by atoms with Crippen molar-refractivity contribution in [1.29, 1.82) is 0 Å². The highest BCUT2D eigenvalue weighted by Gasteiger charge is 2.15. The third-order valence-electron chi connectivity index (χ3n) is 3.66. The number of carbonyl (C=O) groups excluding carboxylic acids is 1. The van der Waals surface area contributed by atoms with Crippen molar-refractivity contribution in [2.24, 2.45) is 5.92 Å². The number of carboxylic acid groups (broad SMARTS) is 1. The highest BCUT2D eigenvalue weighted by atomic mass is 19.1. The van der Waals surface area contributed by atoms with Gasteiger partial charge in [-0.05, 0) is 56.5 Å². The minimum atomic E-state index is -1.32. The molecule has 1 unspecified atom stereocenters. The first-order valence-electron chi connectivity index (χ1n) is 7.09. The molecule has 1 aromatic rings. The van der Waals surface area contributed by atoms with Gasteiger partial charge in [0.2, 0.25) is 5.91 Å². The minimum absolute atomic E-state index is 0.178. The average molecular weight is 294 g/mol. The molecule has 1 aliphatic rings. The molecular formula is C15H19FN2O3. The maximum Gasteiger partial charge on any atom is 0.338 e. The number of nitrogens with one attached hydrogen (secondary N) is 2. The fraction of sp³-hybridized carbons (Fsp3) is 0.467. The van der Waals surface area contributed by atoms with E-state index < -0.39 is 17.3 Å². The Kier molecular flexibility index (Phi) is 5.27. The second kappa shape index (κ2) is 7.17. The largest absolute Gasteiger partial charge is 0.478 e. The highest BCUT2D eigenvalue weighted by Crippen LogP contribution is 2.18. The molecule has 0 saturated carbocycles. The molecule has 0 aliphatic carbocycles. The third kappa shape index (κ3) is 4.53. The van der Waals surface area contributed by atoms with Gasteiger partial charge in [0.15, 0.2) is 0 Å². The van der Waals surface area contributed by atoms with Gasteiger partial charge in [-0.3, -0.25) is 4.79 Å². The lowest BCUT2D eigenvalue weighted by atomic mass is 9.94. The number of hydrogen-bond acceptors (Lipinski definition) is 3. The molecule has 21 heavy (non-hydrogen) atoms. The smallest absolute Gasteiger partial charge is 0.338 e. The summed E-state index contributed by atoms with van der Waals surface area (Å²) < 4.78 is 13.5. The van der Waals surface area contributed by atoms with E-state index in [-0.39, 0.29) is 11.6 Å². The van der Waals surface area contributed by atoms with Crippen LogP contribution in [0.1, 0.15) is 36.0 Å². The van der Waals surface area contributed by atoms with E-state index in [2.05, 4.69) is 10.6 Å². The first-order valence-corrected chi connectivity index (χ1v) is 7.09. The van der Waals surface area contributed by atoms with Crippen molar-refractivity contribution in [1.82, 2.24) is 5.32 Å². The topological polar surface area (TPSA) is 78.4 Å². The Morgan fingerprint density at radius 1 is 1.43 bits per heavy atom. The number of hydrogen-bond donors (Lipinski definition) is 3. The maximum absolute atomic E-state index is 13.5. The molecule has 0 radical (unpaired) electrons. The van der Waals surface area contributed by atoms with Gasteiger partial charge >= 0.3 is 5.97 Å². The third-order valence-corrected chi connectivity index (χ3v) is 3.66. The molecule has 114 valence electrons. The molecule has 5 nitrogen and oxygen atoms in total. The fourth-order valence-corrected chi connectivity index (χ4v) is 2.50. The summed E-state index contributed by atoms with van der Waals surface area (Å²) in [5, 5.41) is 14.6. The monoisotopic (exact) mass is 294 g/mol. The number of carbonyl (C=O) groups is 2. The van der Waals surface area contributed by atoms with Gasteiger partial charge in [0.1, 0.15) is 5.82 Å². The van der Waals surface area contributed by atoms with Gasteiger partial charge in [-0.25, -0.2) is 9.18 Å². The van der Waals surface area contributed by atoms with Crippen LogP contribution in [-0.2, 0) is 4.79 Å². The van der Waals surface area contributed by atoms with Crippen LogP contribution < -0.4 is 10.6 Å². The Balaban J connectivity index is 1.84. The molecule has 0 aromatic heterocycles. The van der Waals surface area contributed by atoms with E-state index in [1.807, 2.05) is 0 Å². The van der Waals surface area contributed by atoms with Gasteiger partial charge in [0, 0.05) is 12.1 Å². The Morgan fingerprint density at radius 2 is 2.24 bits per heavy atom. The van der Waals surface area contributed by atoms with Crippen molar-refractivity contribution in [3.05, 3.63) is 29.6 Å². The first kappa shape index (κ1) is 15.4. The lowest BCUT2D eigenvalue weighted by molar-refractivity contribution is -0.116. The lowest BCUT2D eigenvalue weighted by Gasteiger charge is -2.22. The van der Waals surface area contributed by atoms with Crippen molar-refractivity contribution >= 4 is 17.6 Å². The zero-order valence-corrected chi connectivity index (χ0v) is 11.7. The van der Waals surface area contributed by atoms with Crippen molar-refractivity contribution in [3.8, 4) is 0 Å². The van der Waals surface area contributed by atoms with Gasteiger partial charge in [0.05, 0.1) is 5.56 Å². The molecule has 1 saturated heterocycles. The summed E-state index contributed by atoms with van der Waals surface area (Å²) in [7, 11) is 0. The predicted octanol–water partition coefficient (Wildman–Crippen LogP) is 2.24. The number of halogens is 1. The molecular weight excluding hydrogens is 275 g/mol. The Hall–Kier alpha value is -1.95. The van der Waals surface area contributed by atoms with Gasteiger partial charge in [-0.15, -0.1) is 0 Å². The van der Waals surface area contributed by atoms with Crippen LogP contribution >= 0.6 is 0 Å². The fourth-order valence-electron chi connectivity index (χ4n) is 2.50. The molecule has 1 fully saturated rings. The van der Waals surface area contributed by atoms with Crippen LogP contribution in [0.25, 0.3) is 0 Å². The van der Waals surface area contributed by atoms with E-state index in [0.29, 0.717) is 12.3 Å². The Labute approximate surface area is 122 Å². The molecule has 1 amide bonds. The molecule has 1 atom stereocenters. The van der Waals surface area contributed by atoms with E-state index in [9.17, 15) is 14.0 Å². The molecule has 1 heterocycles. The standard InChI is InChI=1S/C15H19FN2O3/c16-13-8-11(4-5-12(13)15(20)21)18-14(19)6-3-10-2-1-7-17-9-10/h4-5,8,10,17H,1-3,6-7,9H2,(H,18,19)(H,20,21). The Bertz CT molecular complexity index is 528. The molecule has 0 spiro atoms. The molecule has 1 aliphatic heterocycles. The summed E-state index contributed by atoms with van der Waals surface area (Å²) in [5.74, 6) is -1.84. The van der Waals surface area contributed by atoms with Crippen LogP contribution in [-0.4, -0.2) is 30.1 Å². The van der Waals surface area contributed by atoms with Gasteiger partial charge in [-0.1, -0.05) is 0 Å². The normalized spacial score (nSPS) is 18.2. The number of piperidine rings is 1. The summed E-state index contributed by atoms with van der Waals surface area (Å²) in [5.41, 5.74) is -0.120.